The van der Waals surface area contributed by atoms with Crippen molar-refractivity contribution in [1.82, 2.24) is 0 Å². The Hall–Kier alpha value is 0.1000. The number of nitrogens with two attached hydrogens (primary N) is 1. The fourth-order valence-corrected chi connectivity index (χ4v) is 3.44. The van der Waals surface area contributed by atoms with E-state index in [4.69, 9.17) is 10.5 Å². The molecule has 0 bridgehead atoms. The van der Waals surface area contributed by atoms with Crippen LogP contribution in [0.2, 0.25) is 0 Å². The van der Waals surface area contributed by atoms with Gasteiger partial charge in [-0.25, -0.2) is 0 Å². The first kappa shape index (κ1) is 12.6. The molecular weight excluding hydrogens is 334 g/mol. The molecule has 0 aliphatic carbocycles. The summed E-state index contributed by atoms with van der Waals surface area (Å²) in [7, 11) is 0. The molecule has 1 aromatic rings. The number of benzene rings is 1. The molecule has 1 fully saturated rings. The van der Waals surface area contributed by atoms with Gasteiger partial charge in [-0.2, -0.15) is 0 Å². The lowest BCUT2D eigenvalue weighted by atomic mass is 9.88. The van der Waals surface area contributed by atoms with E-state index in [1.165, 1.54) is 5.56 Å². The van der Waals surface area contributed by atoms with Crippen LogP contribution >= 0.6 is 31.9 Å². The van der Waals surface area contributed by atoms with Gasteiger partial charge in [0.25, 0.3) is 0 Å². The predicted molar refractivity (Wildman–Crippen MR) is 72.3 cm³/mol. The minimum atomic E-state index is 0.109. The monoisotopic (exact) mass is 347 g/mol. The summed E-state index contributed by atoms with van der Waals surface area (Å²) in [6.45, 7) is 1.68. The third kappa shape index (κ3) is 3.06. The van der Waals surface area contributed by atoms with Crippen molar-refractivity contribution in [3.63, 3.8) is 0 Å². The van der Waals surface area contributed by atoms with Crippen LogP contribution in [-0.4, -0.2) is 13.2 Å². The van der Waals surface area contributed by atoms with Crippen molar-refractivity contribution >= 4 is 31.9 Å². The van der Waals surface area contributed by atoms with Crippen LogP contribution in [0.1, 0.15) is 24.4 Å². The summed E-state index contributed by atoms with van der Waals surface area (Å²) in [5.41, 5.74) is 7.50. The maximum Gasteiger partial charge on any atom is 0.0469 e. The van der Waals surface area contributed by atoms with E-state index < -0.39 is 0 Å². The molecule has 4 heteroatoms. The Labute approximate surface area is 113 Å². The van der Waals surface area contributed by atoms with E-state index in [1.54, 1.807) is 0 Å². The standard InChI is InChI=1S/C12H15Br2NO/c13-10-5-9(6-11(14)7-10)12(15)8-1-3-16-4-2-8/h5-8,12H,1-4,15H2/t12-/m0/s1. The van der Waals surface area contributed by atoms with Crippen LogP contribution in [-0.2, 0) is 4.74 Å². The second kappa shape index (κ2) is 5.63. The van der Waals surface area contributed by atoms with Gasteiger partial charge >= 0.3 is 0 Å². The second-order valence-corrected chi connectivity index (χ2v) is 6.01. The summed E-state index contributed by atoms with van der Waals surface area (Å²) in [5.74, 6) is 0.537. The first-order valence-electron chi connectivity index (χ1n) is 5.46. The van der Waals surface area contributed by atoms with E-state index in [1.807, 2.05) is 6.07 Å². The molecule has 0 saturated carbocycles. The number of hydrogen-bond donors (Lipinski definition) is 1. The van der Waals surface area contributed by atoms with Crippen molar-refractivity contribution in [1.29, 1.82) is 0 Å². The Balaban J connectivity index is 2.15. The summed E-state index contributed by atoms with van der Waals surface area (Å²) in [6, 6.07) is 6.34. The molecule has 0 spiro atoms. The zero-order valence-corrected chi connectivity index (χ0v) is 12.1. The van der Waals surface area contributed by atoms with Crippen LogP contribution in [0, 0.1) is 5.92 Å². The molecule has 1 saturated heterocycles. The van der Waals surface area contributed by atoms with E-state index in [0.717, 1.165) is 35.0 Å². The molecule has 16 heavy (non-hydrogen) atoms. The average molecular weight is 349 g/mol. The predicted octanol–water partition coefficient (Wildman–Crippen LogP) is 3.64. The lowest BCUT2D eigenvalue weighted by Crippen LogP contribution is -2.27. The average Bonchev–Trinajstić information content (AvgIpc) is 2.28. The SMILES string of the molecule is N[C@H](c1cc(Br)cc(Br)c1)C1CCOCC1. The van der Waals surface area contributed by atoms with Gasteiger partial charge in [0.2, 0.25) is 0 Å². The molecule has 1 heterocycles. The molecule has 1 aromatic carbocycles. The molecule has 1 atom stereocenters. The zero-order chi connectivity index (χ0) is 11.5. The van der Waals surface area contributed by atoms with E-state index in [-0.39, 0.29) is 6.04 Å². The normalized spacial score (nSPS) is 19.7. The third-order valence-electron chi connectivity index (χ3n) is 3.04. The zero-order valence-electron chi connectivity index (χ0n) is 8.96. The highest BCUT2D eigenvalue weighted by molar-refractivity contribution is 9.11. The van der Waals surface area contributed by atoms with E-state index in [9.17, 15) is 0 Å². The first-order chi connectivity index (χ1) is 7.66. The van der Waals surface area contributed by atoms with Gasteiger partial charge in [-0.3, -0.25) is 0 Å². The summed E-state index contributed by atoms with van der Waals surface area (Å²) in [4.78, 5) is 0. The Morgan fingerprint density at radius 1 is 1.12 bits per heavy atom. The number of rotatable bonds is 2. The van der Waals surface area contributed by atoms with Crippen molar-refractivity contribution in [3.8, 4) is 0 Å². The topological polar surface area (TPSA) is 35.2 Å². The molecule has 88 valence electrons. The molecule has 2 rings (SSSR count). The highest BCUT2D eigenvalue weighted by Gasteiger charge is 2.22. The summed E-state index contributed by atoms with van der Waals surface area (Å²) >= 11 is 6.99. The van der Waals surface area contributed by atoms with Gasteiger partial charge in [0.05, 0.1) is 0 Å². The molecule has 1 aliphatic heterocycles. The Morgan fingerprint density at radius 2 is 1.69 bits per heavy atom. The lowest BCUT2D eigenvalue weighted by molar-refractivity contribution is 0.0583. The maximum atomic E-state index is 6.31. The fraction of sp³-hybridized carbons (Fsp3) is 0.500. The van der Waals surface area contributed by atoms with Crippen molar-refractivity contribution in [2.45, 2.75) is 18.9 Å². The fourth-order valence-electron chi connectivity index (χ4n) is 2.11. The van der Waals surface area contributed by atoms with Gasteiger partial charge in [-0.15, -0.1) is 0 Å². The molecule has 2 N–H and O–H groups in total. The Bertz CT molecular complexity index is 344. The van der Waals surface area contributed by atoms with E-state index in [2.05, 4.69) is 44.0 Å². The Kier molecular flexibility index (Phi) is 4.41. The summed E-state index contributed by atoms with van der Waals surface area (Å²) < 4.78 is 7.50. The van der Waals surface area contributed by atoms with Crippen LogP contribution in [0.3, 0.4) is 0 Å². The molecule has 2 nitrogen and oxygen atoms in total. The van der Waals surface area contributed by atoms with E-state index >= 15 is 0 Å². The van der Waals surface area contributed by atoms with Crippen LogP contribution in [0.15, 0.2) is 27.1 Å². The number of halogens is 2. The van der Waals surface area contributed by atoms with Crippen LogP contribution in [0.4, 0.5) is 0 Å². The van der Waals surface area contributed by atoms with Crippen molar-refractivity contribution in [2.24, 2.45) is 11.7 Å². The van der Waals surface area contributed by atoms with Crippen molar-refractivity contribution in [2.75, 3.05) is 13.2 Å². The minimum Gasteiger partial charge on any atom is -0.381 e. The molecule has 0 radical (unpaired) electrons. The first-order valence-corrected chi connectivity index (χ1v) is 7.05. The molecular formula is C12H15Br2NO. The summed E-state index contributed by atoms with van der Waals surface area (Å²) in [5, 5.41) is 0. The highest BCUT2D eigenvalue weighted by Crippen LogP contribution is 2.31. The highest BCUT2D eigenvalue weighted by atomic mass is 79.9. The molecule has 0 amide bonds. The van der Waals surface area contributed by atoms with Gasteiger partial charge in [-0.1, -0.05) is 31.9 Å². The molecule has 0 aromatic heterocycles. The number of hydrogen-bond acceptors (Lipinski definition) is 2. The maximum absolute atomic E-state index is 6.31. The Morgan fingerprint density at radius 3 is 2.25 bits per heavy atom. The largest absolute Gasteiger partial charge is 0.381 e. The van der Waals surface area contributed by atoms with Crippen molar-refractivity contribution in [3.05, 3.63) is 32.7 Å². The smallest absolute Gasteiger partial charge is 0.0469 e. The van der Waals surface area contributed by atoms with Crippen LogP contribution < -0.4 is 5.73 Å². The summed E-state index contributed by atoms with van der Waals surface area (Å²) in [6.07, 6.45) is 2.12. The van der Waals surface area contributed by atoms with Gasteiger partial charge in [0, 0.05) is 28.2 Å². The van der Waals surface area contributed by atoms with Gasteiger partial charge in [0.15, 0.2) is 0 Å². The van der Waals surface area contributed by atoms with Gasteiger partial charge < -0.3 is 10.5 Å². The van der Waals surface area contributed by atoms with Crippen LogP contribution in [0.25, 0.3) is 0 Å². The molecule has 0 unspecified atom stereocenters. The quantitative estimate of drug-likeness (QED) is 0.885. The van der Waals surface area contributed by atoms with E-state index in [0.29, 0.717) is 5.92 Å². The second-order valence-electron chi connectivity index (χ2n) is 4.18. The lowest BCUT2D eigenvalue weighted by Gasteiger charge is -2.28. The molecule has 1 aliphatic rings. The minimum absolute atomic E-state index is 0.109. The van der Waals surface area contributed by atoms with Crippen molar-refractivity contribution < 1.29 is 4.74 Å². The van der Waals surface area contributed by atoms with Gasteiger partial charge in [0.1, 0.15) is 0 Å². The van der Waals surface area contributed by atoms with Gasteiger partial charge in [-0.05, 0) is 42.5 Å². The number of ether oxygens (including phenoxy) is 1. The third-order valence-corrected chi connectivity index (χ3v) is 3.96. The van der Waals surface area contributed by atoms with Crippen LogP contribution in [0.5, 0.6) is 0 Å².